The lowest BCUT2D eigenvalue weighted by molar-refractivity contribution is -0.0180. The molecule has 1 aromatic carbocycles. The molecule has 3 N–H and O–H groups in total. The standard InChI is InChI=1S/C24H40N4O3.HI/c1-4-25-22(26-17-23(3,29)19-28-11-15-31-16-12-28)27-18-24(9-13-30-14-10-24)21-8-6-5-7-20(21)2;/h5-8,29H,4,9-19H2,1-3H3,(H2,25,26,27);1H. The number of morpholine rings is 1. The quantitative estimate of drug-likeness (QED) is 0.258. The minimum atomic E-state index is -0.883. The van der Waals surface area contributed by atoms with Gasteiger partial charge in [0.15, 0.2) is 5.96 Å². The Bertz CT molecular complexity index is 717. The van der Waals surface area contributed by atoms with Gasteiger partial charge in [0.2, 0.25) is 0 Å². The second-order valence-corrected chi connectivity index (χ2v) is 9.14. The summed E-state index contributed by atoms with van der Waals surface area (Å²) in [5.74, 6) is 0.754. The molecule has 0 aromatic heterocycles. The Balaban J connectivity index is 0.00000363. The number of nitrogens with one attached hydrogen (secondary N) is 2. The lowest BCUT2D eigenvalue weighted by Gasteiger charge is -2.39. The summed E-state index contributed by atoms with van der Waals surface area (Å²) in [6.45, 7) is 13.4. The highest BCUT2D eigenvalue weighted by atomic mass is 127. The topological polar surface area (TPSA) is 78.4 Å². The summed E-state index contributed by atoms with van der Waals surface area (Å²) < 4.78 is 11.1. The van der Waals surface area contributed by atoms with Crippen LogP contribution in [0, 0.1) is 6.92 Å². The van der Waals surface area contributed by atoms with E-state index < -0.39 is 5.60 Å². The minimum Gasteiger partial charge on any atom is -0.387 e. The van der Waals surface area contributed by atoms with Crippen molar-refractivity contribution in [1.29, 1.82) is 0 Å². The van der Waals surface area contributed by atoms with Gasteiger partial charge in [0.25, 0.3) is 0 Å². The maximum absolute atomic E-state index is 10.9. The van der Waals surface area contributed by atoms with E-state index in [0.717, 1.165) is 71.4 Å². The predicted octanol–water partition coefficient (Wildman–Crippen LogP) is 2.30. The maximum Gasteiger partial charge on any atom is 0.191 e. The van der Waals surface area contributed by atoms with E-state index in [0.29, 0.717) is 13.1 Å². The van der Waals surface area contributed by atoms with Crippen LogP contribution in [0.2, 0.25) is 0 Å². The average Bonchev–Trinajstić information content (AvgIpc) is 2.77. The fourth-order valence-electron chi connectivity index (χ4n) is 4.61. The zero-order chi connectivity index (χ0) is 22.2. The molecule has 0 radical (unpaired) electrons. The van der Waals surface area contributed by atoms with Gasteiger partial charge in [0.05, 0.1) is 25.4 Å². The van der Waals surface area contributed by atoms with Crippen molar-refractivity contribution < 1.29 is 14.6 Å². The third kappa shape index (κ3) is 7.83. The second kappa shape index (κ2) is 13.1. The van der Waals surface area contributed by atoms with E-state index >= 15 is 0 Å². The van der Waals surface area contributed by atoms with Gasteiger partial charge in [-0.25, -0.2) is 0 Å². The van der Waals surface area contributed by atoms with Crippen LogP contribution < -0.4 is 10.6 Å². The number of ether oxygens (including phenoxy) is 2. The van der Waals surface area contributed by atoms with Crippen LogP contribution >= 0.6 is 24.0 Å². The molecule has 32 heavy (non-hydrogen) atoms. The van der Waals surface area contributed by atoms with Gasteiger partial charge >= 0.3 is 0 Å². The molecule has 1 atom stereocenters. The van der Waals surface area contributed by atoms with Gasteiger partial charge in [0, 0.05) is 51.4 Å². The number of aliphatic hydroxyl groups is 1. The summed E-state index contributed by atoms with van der Waals surface area (Å²) >= 11 is 0. The van der Waals surface area contributed by atoms with Crippen LogP contribution in [0.4, 0.5) is 0 Å². The lowest BCUT2D eigenvalue weighted by atomic mass is 9.72. The first-order valence-corrected chi connectivity index (χ1v) is 11.6. The second-order valence-electron chi connectivity index (χ2n) is 9.14. The molecule has 0 aliphatic carbocycles. The van der Waals surface area contributed by atoms with Crippen molar-refractivity contribution in [3.05, 3.63) is 35.4 Å². The Labute approximate surface area is 210 Å². The number of guanidine groups is 1. The van der Waals surface area contributed by atoms with Crippen molar-refractivity contribution in [3.8, 4) is 0 Å². The highest BCUT2D eigenvalue weighted by molar-refractivity contribution is 14.0. The molecule has 0 saturated carbocycles. The van der Waals surface area contributed by atoms with Crippen molar-refractivity contribution >= 4 is 29.9 Å². The number of hydrogen-bond donors (Lipinski definition) is 3. The molecule has 2 saturated heterocycles. The van der Waals surface area contributed by atoms with Gasteiger partial charge in [0.1, 0.15) is 0 Å². The molecule has 3 rings (SSSR count). The molecule has 2 aliphatic rings. The molecule has 1 aromatic rings. The number of benzene rings is 1. The van der Waals surface area contributed by atoms with E-state index in [1.165, 1.54) is 11.1 Å². The summed E-state index contributed by atoms with van der Waals surface area (Å²) in [5.41, 5.74) is 1.85. The lowest BCUT2D eigenvalue weighted by Crippen LogP contribution is -2.50. The maximum atomic E-state index is 10.9. The molecule has 1 unspecified atom stereocenters. The number of aliphatic imine (C=N–C) groups is 1. The molecule has 0 amide bonds. The predicted molar refractivity (Wildman–Crippen MR) is 140 cm³/mol. The number of aryl methyl sites for hydroxylation is 1. The molecule has 7 nitrogen and oxygen atoms in total. The molecule has 0 spiro atoms. The Hall–Kier alpha value is -0.940. The van der Waals surface area contributed by atoms with E-state index in [2.05, 4.69) is 53.6 Å². The van der Waals surface area contributed by atoms with Crippen LogP contribution in [0.5, 0.6) is 0 Å². The van der Waals surface area contributed by atoms with Crippen molar-refractivity contribution in [2.45, 2.75) is 44.6 Å². The van der Waals surface area contributed by atoms with Crippen LogP contribution in [0.25, 0.3) is 0 Å². The normalized spacial score (nSPS) is 21.3. The number of halogens is 1. The van der Waals surface area contributed by atoms with Crippen LogP contribution in [0.15, 0.2) is 29.3 Å². The van der Waals surface area contributed by atoms with Gasteiger partial charge in [-0.1, -0.05) is 24.3 Å². The van der Waals surface area contributed by atoms with Crippen LogP contribution in [-0.4, -0.2) is 87.3 Å². The van der Waals surface area contributed by atoms with Crippen LogP contribution in [0.3, 0.4) is 0 Å². The molecule has 2 fully saturated rings. The number of nitrogens with zero attached hydrogens (tertiary/aromatic N) is 2. The fourth-order valence-corrected chi connectivity index (χ4v) is 4.61. The number of rotatable bonds is 8. The summed E-state index contributed by atoms with van der Waals surface area (Å²) in [6.07, 6.45) is 1.97. The van der Waals surface area contributed by atoms with E-state index in [4.69, 9.17) is 14.5 Å². The van der Waals surface area contributed by atoms with Gasteiger partial charge < -0.3 is 25.2 Å². The van der Waals surface area contributed by atoms with E-state index in [-0.39, 0.29) is 29.4 Å². The Morgan fingerprint density at radius 2 is 1.78 bits per heavy atom. The monoisotopic (exact) mass is 560 g/mol. The molecule has 182 valence electrons. The average molecular weight is 561 g/mol. The molecule has 8 heteroatoms. The van der Waals surface area contributed by atoms with Crippen molar-refractivity contribution in [3.63, 3.8) is 0 Å². The number of hydrogen-bond acceptors (Lipinski definition) is 5. The van der Waals surface area contributed by atoms with Crippen LogP contribution in [0.1, 0.15) is 37.8 Å². The van der Waals surface area contributed by atoms with Gasteiger partial charge in [-0.3, -0.25) is 9.89 Å². The third-order valence-electron chi connectivity index (χ3n) is 6.35. The van der Waals surface area contributed by atoms with Crippen molar-refractivity contribution in [1.82, 2.24) is 15.5 Å². The van der Waals surface area contributed by atoms with Gasteiger partial charge in [-0.2, -0.15) is 0 Å². The molecular weight excluding hydrogens is 519 g/mol. The molecular formula is C24H41IN4O3. The van der Waals surface area contributed by atoms with Crippen LogP contribution in [-0.2, 0) is 14.9 Å². The SMILES string of the molecule is CCNC(=NCC(C)(O)CN1CCOCC1)NCC1(c2ccccc2C)CCOCC1.I. The minimum absolute atomic E-state index is 0. The van der Waals surface area contributed by atoms with Gasteiger partial charge in [-0.05, 0) is 44.7 Å². The summed E-state index contributed by atoms with van der Waals surface area (Å²) in [4.78, 5) is 6.98. The first-order valence-electron chi connectivity index (χ1n) is 11.6. The first-order chi connectivity index (χ1) is 14.9. The van der Waals surface area contributed by atoms with E-state index in [1.807, 2.05) is 6.92 Å². The molecule has 0 bridgehead atoms. The smallest absolute Gasteiger partial charge is 0.191 e. The summed E-state index contributed by atoms with van der Waals surface area (Å²) in [6, 6.07) is 8.66. The summed E-state index contributed by atoms with van der Waals surface area (Å²) in [7, 11) is 0. The van der Waals surface area contributed by atoms with Crippen molar-refractivity contribution in [2.24, 2.45) is 4.99 Å². The Kier molecular flexibility index (Phi) is 11.2. The summed E-state index contributed by atoms with van der Waals surface area (Å²) in [5, 5.41) is 17.8. The fraction of sp³-hybridized carbons (Fsp3) is 0.708. The first kappa shape index (κ1) is 27.3. The highest BCUT2D eigenvalue weighted by Gasteiger charge is 2.35. The highest BCUT2D eigenvalue weighted by Crippen LogP contribution is 2.36. The Morgan fingerprint density at radius 1 is 1.12 bits per heavy atom. The number of β-amino-alcohol motifs (C(OH)–C–C–N with tert-alkyl or cyclic N) is 1. The zero-order valence-corrected chi connectivity index (χ0v) is 22.2. The van der Waals surface area contributed by atoms with E-state index in [9.17, 15) is 5.11 Å². The van der Waals surface area contributed by atoms with E-state index in [1.54, 1.807) is 0 Å². The molecule has 2 aliphatic heterocycles. The molecule has 2 heterocycles. The zero-order valence-electron chi connectivity index (χ0n) is 19.9. The third-order valence-corrected chi connectivity index (χ3v) is 6.35. The largest absolute Gasteiger partial charge is 0.387 e. The Morgan fingerprint density at radius 3 is 2.44 bits per heavy atom. The van der Waals surface area contributed by atoms with Crippen molar-refractivity contribution in [2.75, 3.05) is 65.7 Å². The van der Waals surface area contributed by atoms with Gasteiger partial charge in [-0.15, -0.1) is 24.0 Å².